The molecular weight excluding hydrogens is 320 g/mol. The Balaban J connectivity index is 1.62. The van der Waals surface area contributed by atoms with E-state index in [1.807, 2.05) is 38.1 Å². The molecule has 0 atom stereocenters. The molecule has 1 aromatic heterocycles. The van der Waals surface area contributed by atoms with Crippen molar-refractivity contribution in [3.8, 4) is 5.75 Å². The summed E-state index contributed by atoms with van der Waals surface area (Å²) < 4.78 is 5.66. The number of anilines is 1. The SMILES string of the molecule is CC(C)Oc1cccc(/C=C/C(=O)Nc2nc3c(s2)CCCC3)c1. The van der Waals surface area contributed by atoms with Crippen LogP contribution in [0.1, 0.15) is 42.8 Å². The third-order valence-corrected chi connectivity index (χ3v) is 4.81. The highest BCUT2D eigenvalue weighted by Crippen LogP contribution is 2.29. The predicted octanol–water partition coefficient (Wildman–Crippen LogP) is 4.46. The van der Waals surface area contributed by atoms with Crippen molar-refractivity contribution in [3.05, 3.63) is 46.5 Å². The van der Waals surface area contributed by atoms with Gasteiger partial charge in [0.15, 0.2) is 5.13 Å². The second-order valence-electron chi connectivity index (χ2n) is 6.16. The van der Waals surface area contributed by atoms with Gasteiger partial charge < -0.3 is 4.74 Å². The van der Waals surface area contributed by atoms with Crippen LogP contribution < -0.4 is 10.1 Å². The van der Waals surface area contributed by atoms with Gasteiger partial charge in [0.2, 0.25) is 5.91 Å². The molecule has 2 aromatic rings. The van der Waals surface area contributed by atoms with Crippen LogP contribution in [0.5, 0.6) is 5.75 Å². The minimum absolute atomic E-state index is 0.128. The van der Waals surface area contributed by atoms with Gasteiger partial charge in [-0.2, -0.15) is 0 Å². The molecule has 0 fully saturated rings. The maximum atomic E-state index is 12.1. The molecule has 1 aromatic carbocycles. The molecule has 126 valence electrons. The summed E-state index contributed by atoms with van der Waals surface area (Å²) in [5.41, 5.74) is 2.09. The molecular formula is C19H22N2O2S. The molecule has 5 heteroatoms. The van der Waals surface area contributed by atoms with E-state index in [0.29, 0.717) is 5.13 Å². The van der Waals surface area contributed by atoms with Gasteiger partial charge in [-0.05, 0) is 63.3 Å². The Morgan fingerprint density at radius 3 is 2.96 bits per heavy atom. The van der Waals surface area contributed by atoms with Crippen molar-refractivity contribution < 1.29 is 9.53 Å². The van der Waals surface area contributed by atoms with E-state index < -0.39 is 0 Å². The molecule has 1 amide bonds. The molecule has 1 N–H and O–H groups in total. The lowest BCUT2D eigenvalue weighted by Gasteiger charge is -2.09. The molecule has 4 nitrogen and oxygen atoms in total. The number of ether oxygens (including phenoxy) is 1. The average Bonchev–Trinajstić information content (AvgIpc) is 2.95. The zero-order valence-corrected chi connectivity index (χ0v) is 14.9. The van der Waals surface area contributed by atoms with E-state index in [1.165, 1.54) is 23.8 Å². The first-order valence-corrected chi connectivity index (χ1v) is 9.16. The lowest BCUT2D eigenvalue weighted by Crippen LogP contribution is -2.07. The number of hydrogen-bond donors (Lipinski definition) is 1. The lowest BCUT2D eigenvalue weighted by molar-refractivity contribution is -0.111. The standard InChI is InChI=1S/C19H22N2O2S/c1-13(2)23-15-7-5-6-14(12-15)10-11-18(22)21-19-20-16-8-3-4-9-17(16)24-19/h5-7,10-13H,3-4,8-9H2,1-2H3,(H,20,21,22)/b11-10+. The topological polar surface area (TPSA) is 51.2 Å². The van der Waals surface area contributed by atoms with E-state index in [0.717, 1.165) is 29.8 Å². The Hall–Kier alpha value is -2.14. The number of hydrogen-bond acceptors (Lipinski definition) is 4. The number of benzene rings is 1. The average molecular weight is 342 g/mol. The fourth-order valence-corrected chi connectivity index (χ4v) is 3.74. The minimum atomic E-state index is -0.156. The van der Waals surface area contributed by atoms with Gasteiger partial charge in [-0.3, -0.25) is 10.1 Å². The van der Waals surface area contributed by atoms with Gasteiger partial charge >= 0.3 is 0 Å². The number of carbonyl (C=O) groups excluding carboxylic acids is 1. The molecule has 24 heavy (non-hydrogen) atoms. The van der Waals surface area contributed by atoms with E-state index in [4.69, 9.17) is 4.74 Å². The summed E-state index contributed by atoms with van der Waals surface area (Å²) >= 11 is 1.60. The van der Waals surface area contributed by atoms with Gasteiger partial charge in [0, 0.05) is 11.0 Å². The molecule has 0 saturated heterocycles. The summed E-state index contributed by atoms with van der Waals surface area (Å²) in [6, 6.07) is 7.70. The summed E-state index contributed by atoms with van der Waals surface area (Å²) in [4.78, 5) is 17.9. The van der Waals surface area contributed by atoms with E-state index in [9.17, 15) is 4.79 Å². The summed E-state index contributed by atoms with van der Waals surface area (Å²) in [5, 5.41) is 3.57. The smallest absolute Gasteiger partial charge is 0.250 e. The lowest BCUT2D eigenvalue weighted by atomic mass is 10.0. The van der Waals surface area contributed by atoms with Crippen LogP contribution in [0, 0.1) is 0 Å². The molecule has 0 radical (unpaired) electrons. The number of thiazole rings is 1. The molecule has 1 aliphatic carbocycles. The molecule has 1 heterocycles. The Kier molecular flexibility index (Phi) is 5.30. The van der Waals surface area contributed by atoms with E-state index >= 15 is 0 Å². The van der Waals surface area contributed by atoms with Crippen LogP contribution in [-0.2, 0) is 17.6 Å². The highest BCUT2D eigenvalue weighted by atomic mass is 32.1. The van der Waals surface area contributed by atoms with Crippen molar-refractivity contribution in [1.29, 1.82) is 0 Å². The molecule has 3 rings (SSSR count). The molecule has 0 aliphatic heterocycles. The van der Waals surface area contributed by atoms with Crippen LogP contribution in [0.4, 0.5) is 5.13 Å². The zero-order valence-electron chi connectivity index (χ0n) is 14.0. The quantitative estimate of drug-likeness (QED) is 0.816. The zero-order chi connectivity index (χ0) is 16.9. The Bertz CT molecular complexity index is 726. The largest absolute Gasteiger partial charge is 0.491 e. The number of fused-ring (bicyclic) bond motifs is 1. The van der Waals surface area contributed by atoms with Crippen LogP contribution in [0.3, 0.4) is 0 Å². The highest BCUT2D eigenvalue weighted by molar-refractivity contribution is 7.15. The molecule has 1 aliphatic rings. The molecule has 0 unspecified atom stereocenters. The van der Waals surface area contributed by atoms with Crippen LogP contribution in [-0.4, -0.2) is 17.0 Å². The van der Waals surface area contributed by atoms with Crippen molar-refractivity contribution in [2.75, 3.05) is 5.32 Å². The highest BCUT2D eigenvalue weighted by Gasteiger charge is 2.15. The number of amides is 1. The Labute approximate surface area is 146 Å². The van der Waals surface area contributed by atoms with Gasteiger partial charge in [-0.15, -0.1) is 11.3 Å². The van der Waals surface area contributed by atoms with Gasteiger partial charge in [0.1, 0.15) is 5.75 Å². The van der Waals surface area contributed by atoms with E-state index in [-0.39, 0.29) is 12.0 Å². The summed E-state index contributed by atoms with van der Waals surface area (Å²) in [7, 11) is 0. The van der Waals surface area contributed by atoms with E-state index in [2.05, 4.69) is 10.3 Å². The van der Waals surface area contributed by atoms with Gasteiger partial charge in [0.25, 0.3) is 0 Å². The number of carbonyl (C=O) groups is 1. The van der Waals surface area contributed by atoms with Crippen molar-refractivity contribution in [2.24, 2.45) is 0 Å². The van der Waals surface area contributed by atoms with Crippen LogP contribution in [0.2, 0.25) is 0 Å². The second kappa shape index (κ2) is 7.62. The first-order chi connectivity index (χ1) is 11.6. The third kappa shape index (κ3) is 4.45. The maximum absolute atomic E-state index is 12.1. The number of aryl methyl sites for hydroxylation is 2. The van der Waals surface area contributed by atoms with Crippen LogP contribution in [0.15, 0.2) is 30.3 Å². The predicted molar refractivity (Wildman–Crippen MR) is 98.6 cm³/mol. The van der Waals surface area contributed by atoms with Gasteiger partial charge in [0.05, 0.1) is 11.8 Å². The van der Waals surface area contributed by atoms with Crippen LogP contribution >= 0.6 is 11.3 Å². The summed E-state index contributed by atoms with van der Waals surface area (Å²) in [6.07, 6.45) is 7.98. The van der Waals surface area contributed by atoms with Crippen molar-refractivity contribution >= 4 is 28.5 Å². The number of aromatic nitrogens is 1. The number of nitrogens with zero attached hydrogens (tertiary/aromatic N) is 1. The van der Waals surface area contributed by atoms with Gasteiger partial charge in [-0.1, -0.05) is 12.1 Å². The molecule has 0 spiro atoms. The van der Waals surface area contributed by atoms with Gasteiger partial charge in [-0.25, -0.2) is 4.98 Å². The minimum Gasteiger partial charge on any atom is -0.491 e. The fraction of sp³-hybridized carbons (Fsp3) is 0.368. The number of nitrogens with one attached hydrogen (secondary N) is 1. The van der Waals surface area contributed by atoms with Crippen LogP contribution in [0.25, 0.3) is 6.08 Å². The summed E-state index contributed by atoms with van der Waals surface area (Å²) in [5.74, 6) is 0.649. The maximum Gasteiger partial charge on any atom is 0.250 e. The Morgan fingerprint density at radius 1 is 1.33 bits per heavy atom. The normalized spacial score (nSPS) is 14.0. The molecule has 0 bridgehead atoms. The first kappa shape index (κ1) is 16.7. The van der Waals surface area contributed by atoms with E-state index in [1.54, 1.807) is 17.4 Å². The second-order valence-corrected chi connectivity index (χ2v) is 7.24. The Morgan fingerprint density at radius 2 is 2.17 bits per heavy atom. The number of rotatable bonds is 5. The summed E-state index contributed by atoms with van der Waals surface area (Å²) in [6.45, 7) is 3.98. The van der Waals surface area contributed by atoms with Crippen molar-refractivity contribution in [1.82, 2.24) is 4.98 Å². The first-order valence-electron chi connectivity index (χ1n) is 8.34. The van der Waals surface area contributed by atoms with Crippen molar-refractivity contribution in [3.63, 3.8) is 0 Å². The molecule has 0 saturated carbocycles. The fourth-order valence-electron chi connectivity index (χ4n) is 2.69. The van der Waals surface area contributed by atoms with Crippen molar-refractivity contribution in [2.45, 2.75) is 45.6 Å². The monoisotopic (exact) mass is 342 g/mol. The third-order valence-electron chi connectivity index (χ3n) is 3.73.